The number of aryl methyl sites for hydroxylation is 1. The maximum absolute atomic E-state index is 13.1. The number of carbonyl (C=O) groups excluding carboxylic acids is 2. The number of unbranched alkanes of at least 4 members (excludes halogenated alkanes) is 4. The summed E-state index contributed by atoms with van der Waals surface area (Å²) < 4.78 is 5.88. The monoisotopic (exact) mass is 650 g/mol. The van der Waals surface area contributed by atoms with Crippen LogP contribution >= 0.6 is 0 Å². The predicted octanol–water partition coefficient (Wildman–Crippen LogP) is 7.04. The number of rotatable bonds is 18. The summed E-state index contributed by atoms with van der Waals surface area (Å²) in [5.74, 6) is -0.747. The minimum Gasteiger partial charge on any atom is -0.494 e. The van der Waals surface area contributed by atoms with Crippen LogP contribution in [0.1, 0.15) is 80.8 Å². The molecule has 48 heavy (non-hydrogen) atoms. The molecule has 0 aliphatic heterocycles. The summed E-state index contributed by atoms with van der Waals surface area (Å²) in [5.41, 5.74) is 5.01. The Morgan fingerprint density at radius 3 is 1.98 bits per heavy atom. The molecule has 0 unspecified atom stereocenters. The van der Waals surface area contributed by atoms with Crippen molar-refractivity contribution in [1.82, 2.24) is 20.6 Å². The van der Waals surface area contributed by atoms with Crippen LogP contribution in [0, 0.1) is 0 Å². The lowest BCUT2D eigenvalue weighted by atomic mass is 10.0. The first-order valence-electron chi connectivity index (χ1n) is 16.8. The quantitative estimate of drug-likeness (QED) is 0.0985. The number of carbonyl (C=O) groups is 3. The van der Waals surface area contributed by atoms with Crippen molar-refractivity contribution in [2.75, 3.05) is 6.61 Å². The average Bonchev–Trinajstić information content (AvgIpc) is 3.10. The normalized spacial score (nSPS) is 12.1. The van der Waals surface area contributed by atoms with Crippen LogP contribution in [0.2, 0.25) is 0 Å². The standard InChI is InChI=1S/C39H46N4O5/c1-4-6-7-8-9-23-48-34-21-19-30(20-22-34)33-25-40-36(41-26-33)31-15-13-29(14-16-31)24-35(38(45)42-27(3)39(46)47)43-37(44)32-17-11-28(10-5-2)12-18-32/h11-22,25-27,35H,4-10,23-24H2,1-3H3,(H,42,45)(H,43,44)(H,46,47)/t27-,35+/m1/s1. The van der Waals surface area contributed by atoms with Crippen LogP contribution in [-0.2, 0) is 22.4 Å². The molecule has 4 rings (SSSR count). The van der Waals surface area contributed by atoms with Crippen LogP contribution in [0.5, 0.6) is 5.75 Å². The van der Waals surface area contributed by atoms with Crippen LogP contribution in [0.15, 0.2) is 85.2 Å². The molecule has 0 saturated heterocycles. The number of benzene rings is 3. The molecule has 252 valence electrons. The van der Waals surface area contributed by atoms with Gasteiger partial charge in [0.05, 0.1) is 6.61 Å². The maximum atomic E-state index is 13.1. The minimum atomic E-state index is -1.16. The molecule has 0 aliphatic carbocycles. The summed E-state index contributed by atoms with van der Waals surface area (Å²) in [7, 11) is 0. The highest BCUT2D eigenvalue weighted by Gasteiger charge is 2.25. The molecule has 9 heteroatoms. The highest BCUT2D eigenvalue weighted by atomic mass is 16.5. The van der Waals surface area contributed by atoms with Gasteiger partial charge in [0.1, 0.15) is 17.8 Å². The van der Waals surface area contributed by atoms with Gasteiger partial charge in [0.2, 0.25) is 5.91 Å². The highest BCUT2D eigenvalue weighted by Crippen LogP contribution is 2.24. The van der Waals surface area contributed by atoms with Gasteiger partial charge in [0, 0.05) is 35.5 Å². The second kappa shape index (κ2) is 18.3. The van der Waals surface area contributed by atoms with E-state index in [0.29, 0.717) is 11.4 Å². The van der Waals surface area contributed by atoms with E-state index in [9.17, 15) is 19.5 Å². The van der Waals surface area contributed by atoms with Gasteiger partial charge in [-0.15, -0.1) is 0 Å². The second-order valence-corrected chi connectivity index (χ2v) is 12.0. The number of amides is 2. The van der Waals surface area contributed by atoms with E-state index in [4.69, 9.17) is 4.74 Å². The van der Waals surface area contributed by atoms with Gasteiger partial charge in [-0.3, -0.25) is 14.4 Å². The van der Waals surface area contributed by atoms with Gasteiger partial charge in [-0.1, -0.05) is 94.5 Å². The summed E-state index contributed by atoms with van der Waals surface area (Å²) in [5, 5.41) is 14.6. The third kappa shape index (κ3) is 10.8. The van der Waals surface area contributed by atoms with Crippen LogP contribution in [-0.4, -0.2) is 51.5 Å². The van der Waals surface area contributed by atoms with Crippen LogP contribution in [0.25, 0.3) is 22.5 Å². The summed E-state index contributed by atoms with van der Waals surface area (Å²) in [4.78, 5) is 46.7. The molecule has 0 bridgehead atoms. The first kappa shape index (κ1) is 35.8. The second-order valence-electron chi connectivity index (χ2n) is 12.0. The Morgan fingerprint density at radius 1 is 0.729 bits per heavy atom. The molecule has 9 nitrogen and oxygen atoms in total. The third-order valence-corrected chi connectivity index (χ3v) is 8.11. The number of aliphatic carboxylic acids is 1. The van der Waals surface area contributed by atoms with E-state index >= 15 is 0 Å². The lowest BCUT2D eigenvalue weighted by Gasteiger charge is -2.20. The summed E-state index contributed by atoms with van der Waals surface area (Å²) in [6.07, 6.45) is 11.7. The molecule has 0 spiro atoms. The predicted molar refractivity (Wildman–Crippen MR) is 188 cm³/mol. The molecule has 4 aromatic rings. The van der Waals surface area contributed by atoms with Crippen molar-refractivity contribution in [1.29, 1.82) is 0 Å². The Morgan fingerprint density at radius 2 is 1.35 bits per heavy atom. The molecule has 2 atom stereocenters. The van der Waals surface area contributed by atoms with Crippen molar-refractivity contribution in [2.24, 2.45) is 0 Å². The minimum absolute atomic E-state index is 0.163. The zero-order valence-electron chi connectivity index (χ0n) is 28.1. The van der Waals surface area contributed by atoms with E-state index in [1.165, 1.54) is 32.6 Å². The van der Waals surface area contributed by atoms with Gasteiger partial charge in [0.25, 0.3) is 5.91 Å². The smallest absolute Gasteiger partial charge is 0.325 e. The van der Waals surface area contributed by atoms with E-state index in [1.807, 2.05) is 60.7 Å². The number of hydrogen-bond acceptors (Lipinski definition) is 6. The number of hydrogen-bond donors (Lipinski definition) is 3. The molecule has 0 fully saturated rings. The molecule has 0 aliphatic rings. The Kier molecular flexibility index (Phi) is 13.7. The van der Waals surface area contributed by atoms with Crippen molar-refractivity contribution in [3.63, 3.8) is 0 Å². The Balaban J connectivity index is 1.39. The molecule has 2 amide bonds. The number of ether oxygens (including phenoxy) is 1. The fourth-order valence-corrected chi connectivity index (χ4v) is 5.23. The van der Waals surface area contributed by atoms with Gasteiger partial charge in [-0.2, -0.15) is 0 Å². The molecular formula is C39H46N4O5. The summed E-state index contributed by atoms with van der Waals surface area (Å²) in [6, 6.07) is 20.5. The van der Waals surface area contributed by atoms with Crippen LogP contribution in [0.3, 0.4) is 0 Å². The van der Waals surface area contributed by atoms with Crippen LogP contribution in [0.4, 0.5) is 0 Å². The number of carboxylic acid groups (broad SMARTS) is 1. The molecule has 1 heterocycles. The fraction of sp³-hybridized carbons (Fsp3) is 0.359. The molecule has 3 aromatic carbocycles. The van der Waals surface area contributed by atoms with Gasteiger partial charge >= 0.3 is 5.97 Å². The Hall–Kier alpha value is -5.05. The number of carboxylic acids is 1. The molecule has 1 aromatic heterocycles. The molecular weight excluding hydrogens is 604 g/mol. The van der Waals surface area contributed by atoms with Crippen molar-refractivity contribution in [2.45, 2.75) is 84.2 Å². The summed E-state index contributed by atoms with van der Waals surface area (Å²) in [6.45, 7) is 6.40. The van der Waals surface area contributed by atoms with Crippen molar-refractivity contribution in [3.8, 4) is 28.3 Å². The molecule has 0 saturated carbocycles. The number of aromatic nitrogens is 2. The fourth-order valence-electron chi connectivity index (χ4n) is 5.23. The zero-order valence-corrected chi connectivity index (χ0v) is 28.1. The van der Waals surface area contributed by atoms with Crippen molar-refractivity contribution < 1.29 is 24.2 Å². The van der Waals surface area contributed by atoms with E-state index in [1.54, 1.807) is 24.5 Å². The van der Waals surface area contributed by atoms with E-state index in [-0.39, 0.29) is 6.42 Å². The van der Waals surface area contributed by atoms with Crippen molar-refractivity contribution in [3.05, 3.63) is 102 Å². The SMILES string of the molecule is CCCCCCCOc1ccc(-c2cnc(-c3ccc(C[C@H](NC(=O)c4ccc(CCC)cc4)C(=O)N[C@H](C)C(=O)O)cc3)nc2)cc1. The van der Waals surface area contributed by atoms with E-state index in [2.05, 4.69) is 34.4 Å². The van der Waals surface area contributed by atoms with Gasteiger partial charge in [-0.05, 0) is 60.7 Å². The Bertz CT molecular complexity index is 1600. The van der Waals surface area contributed by atoms with Crippen molar-refractivity contribution >= 4 is 17.8 Å². The summed E-state index contributed by atoms with van der Waals surface area (Å²) >= 11 is 0. The number of nitrogens with zero attached hydrogens (tertiary/aromatic N) is 2. The lowest BCUT2D eigenvalue weighted by Crippen LogP contribution is -2.51. The van der Waals surface area contributed by atoms with Gasteiger partial charge in [-0.25, -0.2) is 9.97 Å². The maximum Gasteiger partial charge on any atom is 0.325 e. The third-order valence-electron chi connectivity index (χ3n) is 8.11. The zero-order chi connectivity index (χ0) is 34.3. The first-order chi connectivity index (χ1) is 23.3. The van der Waals surface area contributed by atoms with E-state index in [0.717, 1.165) is 59.4 Å². The largest absolute Gasteiger partial charge is 0.494 e. The van der Waals surface area contributed by atoms with Gasteiger partial charge in [0.15, 0.2) is 5.82 Å². The molecule has 3 N–H and O–H groups in total. The highest BCUT2D eigenvalue weighted by molar-refractivity contribution is 5.98. The average molecular weight is 651 g/mol. The van der Waals surface area contributed by atoms with Gasteiger partial charge < -0.3 is 20.5 Å². The molecule has 0 radical (unpaired) electrons. The topological polar surface area (TPSA) is 131 Å². The number of nitrogens with one attached hydrogen (secondary N) is 2. The lowest BCUT2D eigenvalue weighted by molar-refractivity contribution is -0.141. The van der Waals surface area contributed by atoms with E-state index < -0.39 is 29.9 Å². The first-order valence-corrected chi connectivity index (χ1v) is 16.8. The Labute approximate surface area is 283 Å². The van der Waals surface area contributed by atoms with Crippen LogP contribution < -0.4 is 15.4 Å².